The number of aliphatic carboxylic acids is 1. The monoisotopic (exact) mass is 355 g/mol. The standard InChI is InChI=1S/C17H25NO5S/c1-13(2)24(22,23)15-10-8-14(9-11-15)17(21)18-12-6-4-3-5-7-16(19)20/h8-11,13H,3-7,12H2,1-2H3,(H,18,21)(H,19,20). The topological polar surface area (TPSA) is 101 Å². The minimum Gasteiger partial charge on any atom is -0.481 e. The van der Waals surface area contributed by atoms with Crippen LogP contribution in [-0.4, -0.2) is 37.2 Å². The first-order valence-electron chi connectivity index (χ1n) is 8.09. The van der Waals surface area contributed by atoms with E-state index >= 15 is 0 Å². The normalized spacial score (nSPS) is 11.5. The number of amides is 1. The predicted molar refractivity (Wildman–Crippen MR) is 91.8 cm³/mol. The van der Waals surface area contributed by atoms with E-state index in [2.05, 4.69) is 5.32 Å². The van der Waals surface area contributed by atoms with Crippen LogP contribution in [-0.2, 0) is 14.6 Å². The smallest absolute Gasteiger partial charge is 0.303 e. The fourth-order valence-electron chi connectivity index (χ4n) is 2.13. The lowest BCUT2D eigenvalue weighted by Gasteiger charge is -2.09. The molecular weight excluding hydrogens is 330 g/mol. The second-order valence-corrected chi connectivity index (χ2v) is 8.44. The lowest BCUT2D eigenvalue weighted by molar-refractivity contribution is -0.137. The number of rotatable bonds is 10. The maximum absolute atomic E-state index is 12.0. The summed E-state index contributed by atoms with van der Waals surface area (Å²) in [5.74, 6) is -1.03. The quantitative estimate of drug-likeness (QED) is 0.628. The molecule has 1 rings (SSSR count). The second-order valence-electron chi connectivity index (χ2n) is 5.93. The molecule has 0 aliphatic carbocycles. The summed E-state index contributed by atoms with van der Waals surface area (Å²) in [6.45, 7) is 3.75. The van der Waals surface area contributed by atoms with Crippen molar-refractivity contribution in [3.8, 4) is 0 Å². The first kappa shape index (κ1) is 20.2. The van der Waals surface area contributed by atoms with Crippen LogP contribution in [0.3, 0.4) is 0 Å². The van der Waals surface area contributed by atoms with Crippen molar-refractivity contribution in [2.45, 2.75) is 56.1 Å². The number of carbonyl (C=O) groups excluding carboxylic acids is 1. The molecule has 0 heterocycles. The molecule has 0 radical (unpaired) electrons. The SMILES string of the molecule is CC(C)S(=O)(=O)c1ccc(C(=O)NCCCCCCC(=O)O)cc1. The third-order valence-corrected chi connectivity index (χ3v) is 5.84. The fraction of sp³-hybridized carbons (Fsp3) is 0.529. The van der Waals surface area contributed by atoms with Crippen molar-refractivity contribution in [3.63, 3.8) is 0 Å². The number of carboxylic acids is 1. The number of nitrogens with one attached hydrogen (secondary N) is 1. The molecule has 0 saturated carbocycles. The largest absolute Gasteiger partial charge is 0.481 e. The molecular formula is C17H25NO5S. The maximum Gasteiger partial charge on any atom is 0.303 e. The van der Waals surface area contributed by atoms with Crippen molar-refractivity contribution < 1.29 is 23.1 Å². The highest BCUT2D eigenvalue weighted by Crippen LogP contribution is 2.16. The van der Waals surface area contributed by atoms with Crippen molar-refractivity contribution in [1.82, 2.24) is 5.32 Å². The molecule has 1 amide bonds. The van der Waals surface area contributed by atoms with E-state index in [0.717, 1.165) is 19.3 Å². The number of hydrogen-bond donors (Lipinski definition) is 2. The van der Waals surface area contributed by atoms with Crippen molar-refractivity contribution in [1.29, 1.82) is 0 Å². The van der Waals surface area contributed by atoms with Crippen molar-refractivity contribution in [2.75, 3.05) is 6.54 Å². The van der Waals surface area contributed by atoms with Gasteiger partial charge in [0, 0.05) is 18.5 Å². The summed E-state index contributed by atoms with van der Waals surface area (Å²) in [5.41, 5.74) is 0.420. The minimum atomic E-state index is -3.33. The van der Waals surface area contributed by atoms with Gasteiger partial charge in [-0.05, 0) is 51.0 Å². The Morgan fingerprint density at radius 2 is 1.62 bits per heavy atom. The van der Waals surface area contributed by atoms with Gasteiger partial charge in [0.1, 0.15) is 0 Å². The molecule has 24 heavy (non-hydrogen) atoms. The summed E-state index contributed by atoms with van der Waals surface area (Å²) >= 11 is 0. The number of benzene rings is 1. The Balaban J connectivity index is 2.40. The summed E-state index contributed by atoms with van der Waals surface area (Å²) in [4.78, 5) is 22.6. The van der Waals surface area contributed by atoms with Gasteiger partial charge in [-0.3, -0.25) is 9.59 Å². The van der Waals surface area contributed by atoms with Gasteiger partial charge in [-0.25, -0.2) is 8.42 Å². The maximum atomic E-state index is 12.0. The highest BCUT2D eigenvalue weighted by atomic mass is 32.2. The van der Waals surface area contributed by atoms with Gasteiger partial charge < -0.3 is 10.4 Å². The molecule has 0 bridgehead atoms. The molecule has 0 fully saturated rings. The zero-order valence-electron chi connectivity index (χ0n) is 14.1. The van der Waals surface area contributed by atoms with Crippen molar-refractivity contribution in [2.24, 2.45) is 0 Å². The van der Waals surface area contributed by atoms with Gasteiger partial charge in [-0.2, -0.15) is 0 Å². The van der Waals surface area contributed by atoms with Crippen LogP contribution in [0.4, 0.5) is 0 Å². The predicted octanol–water partition coefficient (Wildman–Crippen LogP) is 2.63. The van der Waals surface area contributed by atoms with Gasteiger partial charge in [-0.1, -0.05) is 12.8 Å². The number of unbranched alkanes of at least 4 members (excludes halogenated alkanes) is 3. The second kappa shape index (κ2) is 9.42. The Morgan fingerprint density at radius 1 is 1.04 bits per heavy atom. The molecule has 1 aromatic rings. The number of hydrogen-bond acceptors (Lipinski definition) is 4. The van der Waals surface area contributed by atoms with Crippen molar-refractivity contribution >= 4 is 21.7 Å². The molecule has 0 spiro atoms. The summed E-state index contributed by atoms with van der Waals surface area (Å²) < 4.78 is 24.0. The van der Waals surface area contributed by atoms with E-state index in [1.165, 1.54) is 24.3 Å². The molecule has 1 aromatic carbocycles. The van der Waals surface area contributed by atoms with Gasteiger partial charge in [0.25, 0.3) is 5.91 Å². The lowest BCUT2D eigenvalue weighted by atomic mass is 10.1. The van der Waals surface area contributed by atoms with Gasteiger partial charge in [0.05, 0.1) is 10.1 Å². The Bertz CT molecular complexity index is 650. The van der Waals surface area contributed by atoms with Crippen LogP contribution in [0.5, 0.6) is 0 Å². The van der Waals surface area contributed by atoms with Crippen molar-refractivity contribution in [3.05, 3.63) is 29.8 Å². The zero-order chi connectivity index (χ0) is 18.2. The lowest BCUT2D eigenvalue weighted by Crippen LogP contribution is -2.24. The molecule has 0 aromatic heterocycles. The van der Waals surface area contributed by atoms with Crippen LogP contribution in [0.1, 0.15) is 56.3 Å². The molecule has 6 nitrogen and oxygen atoms in total. The van der Waals surface area contributed by atoms with Gasteiger partial charge in [-0.15, -0.1) is 0 Å². The minimum absolute atomic E-state index is 0.179. The number of carbonyl (C=O) groups is 2. The highest BCUT2D eigenvalue weighted by Gasteiger charge is 2.19. The fourth-order valence-corrected chi connectivity index (χ4v) is 3.19. The first-order valence-corrected chi connectivity index (χ1v) is 9.63. The highest BCUT2D eigenvalue weighted by molar-refractivity contribution is 7.92. The van der Waals surface area contributed by atoms with Gasteiger partial charge in [0.2, 0.25) is 0 Å². The summed E-state index contributed by atoms with van der Waals surface area (Å²) in [5, 5.41) is 10.8. The van der Waals surface area contributed by atoms with Crippen LogP contribution in [0.2, 0.25) is 0 Å². The van der Waals surface area contributed by atoms with E-state index in [4.69, 9.17) is 5.11 Å². The molecule has 0 saturated heterocycles. The van der Waals surface area contributed by atoms with Crippen LogP contribution < -0.4 is 5.32 Å². The first-order chi connectivity index (χ1) is 11.2. The Hall–Kier alpha value is -1.89. The van der Waals surface area contributed by atoms with Gasteiger partial charge >= 0.3 is 5.97 Å². The molecule has 0 atom stereocenters. The number of sulfone groups is 1. The van der Waals surface area contributed by atoms with E-state index in [-0.39, 0.29) is 17.2 Å². The van der Waals surface area contributed by atoms with Crippen LogP contribution in [0, 0.1) is 0 Å². The molecule has 2 N–H and O–H groups in total. The number of carboxylic acid groups (broad SMARTS) is 1. The van der Waals surface area contributed by atoms with Gasteiger partial charge in [0.15, 0.2) is 9.84 Å². The van der Waals surface area contributed by atoms with Crippen LogP contribution in [0.15, 0.2) is 29.2 Å². The van der Waals surface area contributed by atoms with Crippen LogP contribution >= 0.6 is 0 Å². The third-order valence-electron chi connectivity index (χ3n) is 3.67. The molecule has 0 aliphatic heterocycles. The molecule has 7 heteroatoms. The van der Waals surface area contributed by atoms with Crippen LogP contribution in [0.25, 0.3) is 0 Å². The molecule has 134 valence electrons. The summed E-state index contributed by atoms with van der Waals surface area (Å²) in [6.07, 6.45) is 3.29. The zero-order valence-corrected chi connectivity index (χ0v) is 14.9. The summed E-state index contributed by atoms with van der Waals surface area (Å²) in [7, 11) is -3.33. The van der Waals surface area contributed by atoms with E-state index in [9.17, 15) is 18.0 Å². The van der Waals surface area contributed by atoms with E-state index in [1.807, 2.05) is 0 Å². The Morgan fingerprint density at radius 3 is 2.17 bits per heavy atom. The summed E-state index contributed by atoms with van der Waals surface area (Å²) in [6, 6.07) is 5.93. The van der Waals surface area contributed by atoms with E-state index in [0.29, 0.717) is 18.5 Å². The Kier molecular flexibility index (Phi) is 7.91. The average molecular weight is 355 g/mol. The third kappa shape index (κ3) is 6.31. The Labute approximate surface area is 143 Å². The van der Waals surface area contributed by atoms with E-state index < -0.39 is 21.1 Å². The average Bonchev–Trinajstić information content (AvgIpc) is 2.53. The van der Waals surface area contributed by atoms with E-state index in [1.54, 1.807) is 13.8 Å². The molecule has 0 aliphatic rings. The molecule has 0 unspecified atom stereocenters.